The molecule has 1 rings (SSSR count). The Morgan fingerprint density at radius 1 is 0.897 bits per heavy atom. The highest BCUT2D eigenvalue weighted by atomic mass is 32.2. The Labute approximate surface area is 245 Å². The van der Waals surface area contributed by atoms with E-state index in [1.165, 1.54) is 108 Å². The summed E-state index contributed by atoms with van der Waals surface area (Å²) in [4.78, 5) is 21.2. The summed E-state index contributed by atoms with van der Waals surface area (Å²) in [5.41, 5.74) is 0. The zero-order valence-electron chi connectivity index (χ0n) is 25.4. The van der Waals surface area contributed by atoms with E-state index in [-0.39, 0.29) is 12.7 Å². The molecule has 4 unspecified atom stereocenters. The van der Waals surface area contributed by atoms with Crippen LogP contribution in [0.4, 0.5) is 0 Å². The molecule has 1 saturated carbocycles. The zero-order valence-corrected chi connectivity index (χ0v) is 27.1. The zero-order chi connectivity index (χ0) is 28.8. The standard InChI is InChI=1S/C31H59O6PS/c1-4-6-13-19-29(28-20-15-10-11-16-21-28)22-25-39-24-17-12-8-7-9-14-18-27(3)36-26-31(30(32)33,38(34)35)37-23-5-2/h27-29H,4-26H2,1-3H3,(H-,32,33,34,35)/p+1. The van der Waals surface area contributed by atoms with E-state index in [4.69, 9.17) is 9.47 Å². The second-order valence-corrected chi connectivity index (χ2v) is 14.1. The summed E-state index contributed by atoms with van der Waals surface area (Å²) in [7, 11) is -3.07. The van der Waals surface area contributed by atoms with Gasteiger partial charge in [0.25, 0.3) is 0 Å². The first-order chi connectivity index (χ1) is 18.9. The summed E-state index contributed by atoms with van der Waals surface area (Å²) in [6.45, 7) is 5.72. The Balaban J connectivity index is 2.12. The smallest absolute Gasteiger partial charge is 0.476 e. The van der Waals surface area contributed by atoms with Crippen LogP contribution in [0.25, 0.3) is 0 Å². The first-order valence-corrected chi connectivity index (χ1v) is 18.5. The number of carboxylic acid groups (broad SMARTS) is 1. The van der Waals surface area contributed by atoms with Crippen LogP contribution in [0, 0.1) is 11.8 Å². The van der Waals surface area contributed by atoms with E-state index in [0.29, 0.717) is 6.42 Å². The fourth-order valence-electron chi connectivity index (χ4n) is 5.70. The molecule has 230 valence electrons. The molecule has 0 aliphatic heterocycles. The van der Waals surface area contributed by atoms with E-state index >= 15 is 0 Å². The molecule has 0 spiro atoms. The highest BCUT2D eigenvalue weighted by Gasteiger charge is 2.59. The van der Waals surface area contributed by atoms with Crippen LogP contribution in [0.15, 0.2) is 0 Å². The number of aliphatic carboxylic acids is 1. The molecule has 4 atom stereocenters. The predicted octanol–water partition coefficient (Wildman–Crippen LogP) is 9.35. The number of hydrogen-bond donors (Lipinski definition) is 2. The molecule has 8 heteroatoms. The third-order valence-corrected chi connectivity index (χ3v) is 10.4. The van der Waals surface area contributed by atoms with Crippen LogP contribution < -0.4 is 0 Å². The second-order valence-electron chi connectivity index (χ2n) is 11.7. The molecule has 6 nitrogen and oxygen atoms in total. The van der Waals surface area contributed by atoms with Gasteiger partial charge in [0.05, 0.1) is 12.7 Å². The van der Waals surface area contributed by atoms with Gasteiger partial charge in [0.2, 0.25) is 0 Å². The molecule has 0 bridgehead atoms. The molecule has 1 aliphatic rings. The Bertz CT molecular complexity index is 612. The Morgan fingerprint density at radius 2 is 1.54 bits per heavy atom. The molecule has 39 heavy (non-hydrogen) atoms. The van der Waals surface area contributed by atoms with E-state index in [9.17, 15) is 19.4 Å². The van der Waals surface area contributed by atoms with Crippen LogP contribution in [-0.2, 0) is 18.8 Å². The number of hydrogen-bond acceptors (Lipinski definition) is 5. The molecule has 0 radical (unpaired) electrons. The first-order valence-electron chi connectivity index (χ1n) is 16.1. The van der Waals surface area contributed by atoms with Crippen molar-refractivity contribution in [2.45, 2.75) is 154 Å². The minimum Gasteiger partial charge on any atom is -0.476 e. The predicted molar refractivity (Wildman–Crippen MR) is 165 cm³/mol. The molecule has 0 amide bonds. The number of carbonyl (C=O) groups is 1. The summed E-state index contributed by atoms with van der Waals surface area (Å²) in [5, 5.41) is 7.30. The van der Waals surface area contributed by atoms with Crippen molar-refractivity contribution in [1.29, 1.82) is 0 Å². The number of thioether (sulfide) groups is 1. The lowest BCUT2D eigenvalue weighted by atomic mass is 9.81. The normalized spacial score (nSPS) is 18.3. The number of rotatable bonds is 25. The SMILES string of the molecule is CCCCCC(CCSCCCCCCCCC(C)OCC(OCCC)(C(=O)O)[P+](=O)O)C1CCCCCC1. The molecule has 0 aromatic carbocycles. The third kappa shape index (κ3) is 16.1. The Kier molecular flexibility index (Phi) is 22.1. The van der Waals surface area contributed by atoms with Crippen molar-refractivity contribution < 1.29 is 28.8 Å². The lowest BCUT2D eigenvalue weighted by Crippen LogP contribution is -2.44. The van der Waals surface area contributed by atoms with E-state index < -0.39 is 25.9 Å². The maximum atomic E-state index is 11.7. The van der Waals surface area contributed by atoms with Gasteiger partial charge in [0.1, 0.15) is 6.61 Å². The fourth-order valence-corrected chi connectivity index (χ4v) is 7.33. The van der Waals surface area contributed by atoms with Gasteiger partial charge < -0.3 is 14.6 Å². The number of ether oxygens (including phenoxy) is 2. The first kappa shape index (κ1) is 36.8. The van der Waals surface area contributed by atoms with E-state index in [1.54, 1.807) is 0 Å². The van der Waals surface area contributed by atoms with Gasteiger partial charge in [-0.25, -0.2) is 4.79 Å². The molecule has 1 aliphatic carbocycles. The van der Waals surface area contributed by atoms with Crippen LogP contribution in [0.1, 0.15) is 143 Å². The van der Waals surface area contributed by atoms with E-state index in [2.05, 4.69) is 18.7 Å². The van der Waals surface area contributed by atoms with Crippen LogP contribution in [0.2, 0.25) is 0 Å². The molecule has 1 fully saturated rings. The van der Waals surface area contributed by atoms with Crippen molar-refractivity contribution >= 4 is 25.8 Å². The van der Waals surface area contributed by atoms with Gasteiger partial charge in [-0.15, -0.1) is 0 Å². The molecule has 0 saturated heterocycles. The summed E-state index contributed by atoms with van der Waals surface area (Å²) < 4.78 is 22.6. The van der Waals surface area contributed by atoms with Gasteiger partial charge in [0, 0.05) is 0 Å². The maximum Gasteiger partial charge on any atom is 0.556 e. The largest absolute Gasteiger partial charge is 0.556 e. The maximum absolute atomic E-state index is 11.7. The number of carboxylic acids is 1. The van der Waals surface area contributed by atoms with Gasteiger partial charge in [-0.05, 0) is 60.5 Å². The summed E-state index contributed by atoms with van der Waals surface area (Å²) in [6.07, 6.45) is 24.2. The number of unbranched alkanes of at least 4 members (excludes halogenated alkanes) is 7. The van der Waals surface area contributed by atoms with Gasteiger partial charge in [-0.2, -0.15) is 16.7 Å². The van der Waals surface area contributed by atoms with Crippen molar-refractivity contribution in [2.75, 3.05) is 24.7 Å². The van der Waals surface area contributed by atoms with Gasteiger partial charge >= 0.3 is 19.3 Å². The summed E-state index contributed by atoms with van der Waals surface area (Å²) in [6, 6.07) is 0. The molecular weight excluding hydrogens is 531 g/mol. The van der Waals surface area contributed by atoms with Crippen molar-refractivity contribution in [3.63, 3.8) is 0 Å². The third-order valence-electron chi connectivity index (χ3n) is 8.28. The van der Waals surface area contributed by atoms with Crippen molar-refractivity contribution in [2.24, 2.45) is 11.8 Å². The Hall–Kier alpha value is -0.200. The van der Waals surface area contributed by atoms with E-state index in [0.717, 1.165) is 31.1 Å². The van der Waals surface area contributed by atoms with Gasteiger partial charge in [-0.3, -0.25) is 0 Å². The molecule has 0 aromatic rings. The lowest BCUT2D eigenvalue weighted by molar-refractivity contribution is -0.163. The van der Waals surface area contributed by atoms with Crippen LogP contribution in [0.3, 0.4) is 0 Å². The van der Waals surface area contributed by atoms with Crippen molar-refractivity contribution in [1.82, 2.24) is 0 Å². The molecule has 2 N–H and O–H groups in total. The molecule has 0 heterocycles. The average molecular weight is 592 g/mol. The van der Waals surface area contributed by atoms with Crippen molar-refractivity contribution in [3.05, 3.63) is 0 Å². The minimum absolute atomic E-state index is 0.101. The Morgan fingerprint density at radius 3 is 2.15 bits per heavy atom. The van der Waals surface area contributed by atoms with Gasteiger partial charge in [0.15, 0.2) is 0 Å². The lowest BCUT2D eigenvalue weighted by Gasteiger charge is -2.26. The highest BCUT2D eigenvalue weighted by Crippen LogP contribution is 2.38. The van der Waals surface area contributed by atoms with Gasteiger partial charge in [-0.1, -0.05) is 110 Å². The average Bonchev–Trinajstić information content (AvgIpc) is 3.20. The van der Waals surface area contributed by atoms with Crippen LogP contribution in [0.5, 0.6) is 0 Å². The molecular formula is C31H60O6PS+. The van der Waals surface area contributed by atoms with Crippen LogP contribution >= 0.6 is 19.8 Å². The quantitative estimate of drug-likeness (QED) is 0.0620. The summed E-state index contributed by atoms with van der Waals surface area (Å²) >= 11 is 2.17. The van der Waals surface area contributed by atoms with Crippen molar-refractivity contribution in [3.8, 4) is 0 Å². The fraction of sp³-hybridized carbons (Fsp3) is 0.968. The van der Waals surface area contributed by atoms with Crippen LogP contribution in [-0.4, -0.2) is 52.1 Å². The monoisotopic (exact) mass is 591 g/mol. The second kappa shape index (κ2) is 23.4. The highest BCUT2D eigenvalue weighted by molar-refractivity contribution is 7.99. The topological polar surface area (TPSA) is 93.1 Å². The molecule has 0 aromatic heterocycles. The minimum atomic E-state index is -3.07. The van der Waals surface area contributed by atoms with E-state index in [1.807, 2.05) is 13.8 Å². The summed E-state index contributed by atoms with van der Waals surface area (Å²) in [5.74, 6) is 3.13.